The van der Waals surface area contributed by atoms with Gasteiger partial charge in [0.25, 0.3) is 0 Å². The van der Waals surface area contributed by atoms with Gasteiger partial charge >= 0.3 is 0 Å². The van der Waals surface area contributed by atoms with Gasteiger partial charge < -0.3 is 4.90 Å². The summed E-state index contributed by atoms with van der Waals surface area (Å²) in [7, 11) is -3.44. The summed E-state index contributed by atoms with van der Waals surface area (Å²) in [6.07, 6.45) is 3.31. The van der Waals surface area contributed by atoms with Gasteiger partial charge in [0.05, 0.1) is 8.81 Å². The van der Waals surface area contributed by atoms with Crippen LogP contribution in [0.2, 0.25) is 5.02 Å². The molecule has 1 aliphatic rings. The molecule has 0 unspecified atom stereocenters. The lowest BCUT2D eigenvalue weighted by atomic mass is 9.99. The molecule has 120 valence electrons. The van der Waals surface area contributed by atoms with Gasteiger partial charge in [0, 0.05) is 6.54 Å². The Morgan fingerprint density at radius 1 is 1.48 bits per heavy atom. The van der Waals surface area contributed by atoms with Crippen LogP contribution in [0, 0.1) is 5.92 Å². The highest BCUT2D eigenvalue weighted by Gasteiger charge is 2.19. The minimum absolute atomic E-state index is 0.256. The maximum atomic E-state index is 12.1. The lowest BCUT2D eigenvalue weighted by molar-refractivity contribution is 0.191. The standard InChI is InChI=1S/C13H20BrClN2O2S2/c1-10-3-7-17(8-4-10)6-2-5-16-21(18,19)12-9-11(15)13(14)20-12/h9-10,16H,2-8H2,1H3. The van der Waals surface area contributed by atoms with Crippen LogP contribution in [0.25, 0.3) is 0 Å². The fourth-order valence-corrected chi connectivity index (χ4v) is 5.84. The van der Waals surface area contributed by atoms with Crippen molar-refractivity contribution in [2.45, 2.75) is 30.4 Å². The van der Waals surface area contributed by atoms with Crippen molar-refractivity contribution in [3.8, 4) is 0 Å². The smallest absolute Gasteiger partial charge is 0.250 e. The summed E-state index contributed by atoms with van der Waals surface area (Å²) in [5.41, 5.74) is 0. The molecular weight excluding hydrogens is 396 g/mol. The van der Waals surface area contributed by atoms with Gasteiger partial charge in [-0.25, -0.2) is 13.1 Å². The molecule has 0 atom stereocenters. The Bertz CT molecular complexity index is 549. The van der Waals surface area contributed by atoms with E-state index in [1.807, 2.05) is 0 Å². The van der Waals surface area contributed by atoms with Crippen molar-refractivity contribution in [3.63, 3.8) is 0 Å². The first-order valence-corrected chi connectivity index (χ1v) is 10.5. The number of hydrogen-bond donors (Lipinski definition) is 1. The minimum atomic E-state index is -3.44. The Morgan fingerprint density at radius 3 is 2.71 bits per heavy atom. The maximum Gasteiger partial charge on any atom is 0.250 e. The van der Waals surface area contributed by atoms with Gasteiger partial charge in [-0.15, -0.1) is 11.3 Å². The number of thiophene rings is 1. The Labute approximate surface area is 144 Å². The highest BCUT2D eigenvalue weighted by Crippen LogP contribution is 2.34. The molecule has 4 nitrogen and oxygen atoms in total. The van der Waals surface area contributed by atoms with E-state index in [0.717, 1.165) is 43.3 Å². The Balaban J connectivity index is 1.75. The summed E-state index contributed by atoms with van der Waals surface area (Å²) in [5.74, 6) is 0.821. The van der Waals surface area contributed by atoms with Gasteiger partial charge in [-0.2, -0.15) is 0 Å². The lowest BCUT2D eigenvalue weighted by Crippen LogP contribution is -2.35. The summed E-state index contributed by atoms with van der Waals surface area (Å²) >= 11 is 10.2. The Morgan fingerprint density at radius 2 is 2.14 bits per heavy atom. The Hall–Kier alpha value is 0.340. The number of nitrogens with zero attached hydrogens (tertiary/aromatic N) is 1. The number of hydrogen-bond acceptors (Lipinski definition) is 4. The molecule has 0 spiro atoms. The number of piperidine rings is 1. The molecule has 1 aromatic heterocycles. The largest absolute Gasteiger partial charge is 0.303 e. The van der Waals surface area contributed by atoms with Crippen molar-refractivity contribution in [2.75, 3.05) is 26.2 Å². The number of halogens is 2. The van der Waals surface area contributed by atoms with E-state index in [9.17, 15) is 8.42 Å². The molecule has 1 aliphatic heterocycles. The fraction of sp³-hybridized carbons (Fsp3) is 0.692. The van der Waals surface area contributed by atoms with Gasteiger partial charge in [-0.05, 0) is 66.8 Å². The van der Waals surface area contributed by atoms with E-state index in [1.165, 1.54) is 18.9 Å². The number of nitrogens with one attached hydrogen (secondary N) is 1. The van der Waals surface area contributed by atoms with E-state index in [4.69, 9.17) is 11.6 Å². The van der Waals surface area contributed by atoms with Gasteiger partial charge in [0.1, 0.15) is 4.21 Å². The van der Waals surface area contributed by atoms with Crippen LogP contribution in [0.1, 0.15) is 26.2 Å². The van der Waals surface area contributed by atoms with Crippen molar-refractivity contribution < 1.29 is 8.42 Å². The molecule has 8 heteroatoms. The van der Waals surface area contributed by atoms with Gasteiger partial charge in [-0.1, -0.05) is 18.5 Å². The topological polar surface area (TPSA) is 49.4 Å². The molecule has 0 aromatic carbocycles. The van der Waals surface area contributed by atoms with Crippen LogP contribution in [0.4, 0.5) is 0 Å². The quantitative estimate of drug-likeness (QED) is 0.723. The summed E-state index contributed by atoms with van der Waals surface area (Å²) < 4.78 is 27.7. The van der Waals surface area contributed by atoms with Crippen LogP contribution in [-0.4, -0.2) is 39.5 Å². The van der Waals surface area contributed by atoms with Gasteiger partial charge in [0.15, 0.2) is 0 Å². The van der Waals surface area contributed by atoms with E-state index in [2.05, 4.69) is 32.5 Å². The van der Waals surface area contributed by atoms with E-state index >= 15 is 0 Å². The third kappa shape index (κ3) is 5.18. The normalized spacial score (nSPS) is 18.2. The second kappa shape index (κ2) is 7.75. The third-order valence-electron chi connectivity index (χ3n) is 3.71. The predicted molar refractivity (Wildman–Crippen MR) is 91.7 cm³/mol. The van der Waals surface area contributed by atoms with Crippen molar-refractivity contribution in [1.29, 1.82) is 0 Å². The van der Waals surface area contributed by atoms with E-state index in [0.29, 0.717) is 15.4 Å². The predicted octanol–water partition coefficient (Wildman–Crippen LogP) is 3.56. The molecular formula is C13H20BrClN2O2S2. The van der Waals surface area contributed by atoms with Gasteiger partial charge in [0.2, 0.25) is 10.0 Å². The Kier molecular flexibility index (Phi) is 6.52. The highest BCUT2D eigenvalue weighted by molar-refractivity contribution is 9.11. The first kappa shape index (κ1) is 17.7. The first-order valence-electron chi connectivity index (χ1n) is 7.05. The van der Waals surface area contributed by atoms with E-state index in [1.54, 1.807) is 0 Å². The van der Waals surface area contributed by atoms with Crippen LogP contribution in [0.15, 0.2) is 14.1 Å². The number of likely N-dealkylation sites (tertiary alicyclic amines) is 1. The molecule has 21 heavy (non-hydrogen) atoms. The molecule has 0 aliphatic carbocycles. The summed E-state index contributed by atoms with van der Waals surface area (Å²) in [6, 6.07) is 1.48. The van der Waals surface area contributed by atoms with Crippen molar-refractivity contribution >= 4 is 48.9 Å². The summed E-state index contributed by atoms with van der Waals surface area (Å²) in [4.78, 5) is 2.41. The summed E-state index contributed by atoms with van der Waals surface area (Å²) in [5, 5.41) is 0.433. The molecule has 0 amide bonds. The molecule has 1 fully saturated rings. The van der Waals surface area contributed by atoms with Crippen LogP contribution < -0.4 is 4.72 Å². The second-order valence-electron chi connectivity index (χ2n) is 5.46. The first-order chi connectivity index (χ1) is 9.88. The number of rotatable bonds is 6. The van der Waals surface area contributed by atoms with E-state index in [-0.39, 0.29) is 4.21 Å². The zero-order chi connectivity index (χ0) is 15.5. The van der Waals surface area contributed by atoms with Crippen molar-refractivity contribution in [1.82, 2.24) is 9.62 Å². The monoisotopic (exact) mass is 414 g/mol. The minimum Gasteiger partial charge on any atom is -0.303 e. The molecule has 0 bridgehead atoms. The molecule has 2 heterocycles. The highest BCUT2D eigenvalue weighted by atomic mass is 79.9. The second-order valence-corrected chi connectivity index (χ2v) is 10.2. The van der Waals surface area contributed by atoms with Gasteiger partial charge in [-0.3, -0.25) is 0 Å². The summed E-state index contributed by atoms with van der Waals surface area (Å²) in [6.45, 7) is 5.95. The van der Waals surface area contributed by atoms with Crippen molar-refractivity contribution in [2.24, 2.45) is 5.92 Å². The zero-order valence-corrected chi connectivity index (χ0v) is 15.9. The van der Waals surface area contributed by atoms with Crippen LogP contribution in [-0.2, 0) is 10.0 Å². The molecule has 1 aromatic rings. The number of sulfonamides is 1. The fourth-order valence-electron chi connectivity index (χ4n) is 2.33. The maximum absolute atomic E-state index is 12.1. The SMILES string of the molecule is CC1CCN(CCCNS(=O)(=O)c2cc(Cl)c(Br)s2)CC1. The van der Waals surface area contributed by atoms with Crippen LogP contribution >= 0.6 is 38.9 Å². The van der Waals surface area contributed by atoms with Crippen LogP contribution in [0.5, 0.6) is 0 Å². The van der Waals surface area contributed by atoms with E-state index < -0.39 is 10.0 Å². The molecule has 2 rings (SSSR count). The lowest BCUT2D eigenvalue weighted by Gasteiger charge is -2.30. The average molecular weight is 416 g/mol. The molecule has 1 saturated heterocycles. The average Bonchev–Trinajstić information content (AvgIpc) is 2.78. The molecule has 0 radical (unpaired) electrons. The molecule has 0 saturated carbocycles. The molecule has 1 N–H and O–H groups in total. The zero-order valence-electron chi connectivity index (χ0n) is 11.9. The van der Waals surface area contributed by atoms with Crippen molar-refractivity contribution in [3.05, 3.63) is 14.9 Å². The van der Waals surface area contributed by atoms with Crippen LogP contribution in [0.3, 0.4) is 0 Å². The third-order valence-corrected chi connectivity index (χ3v) is 8.12.